The lowest BCUT2D eigenvalue weighted by Gasteiger charge is -2.27. The van der Waals surface area contributed by atoms with Crippen molar-refractivity contribution in [2.24, 2.45) is 0 Å². The predicted molar refractivity (Wildman–Crippen MR) is 86.4 cm³/mol. The summed E-state index contributed by atoms with van der Waals surface area (Å²) < 4.78 is 0. The second kappa shape index (κ2) is 18.8. The number of hydrogen-bond acceptors (Lipinski definition) is 8. The third-order valence-corrected chi connectivity index (χ3v) is 1.56. The molecule has 1 rings (SSSR count). The molecule has 0 heterocycles. The topological polar surface area (TPSA) is 230 Å². The van der Waals surface area contributed by atoms with Gasteiger partial charge in [0, 0.05) is 27.7 Å². The minimum Gasteiger partial charge on any atom is -0.481 e. The number of aliphatic hydroxyl groups excluding tert-OH is 4. The zero-order chi connectivity index (χ0) is 22.0. The Labute approximate surface area is 149 Å². The Morgan fingerprint density at radius 3 is 0.769 bits per heavy atom. The molecule has 0 aliphatic heterocycles. The monoisotopic (exact) mass is 386 g/mol. The summed E-state index contributed by atoms with van der Waals surface area (Å²) in [6, 6.07) is 0. The van der Waals surface area contributed by atoms with Crippen molar-refractivity contribution in [3.05, 3.63) is 12.2 Å². The number of carbonyl (C=O) groups is 4. The number of aliphatic hydroxyl groups is 4. The van der Waals surface area contributed by atoms with E-state index in [1.807, 2.05) is 0 Å². The van der Waals surface area contributed by atoms with Gasteiger partial charge in [-0.1, -0.05) is 12.2 Å². The zero-order valence-electron chi connectivity index (χ0n) is 14.7. The number of carboxylic acids is 4. The summed E-state index contributed by atoms with van der Waals surface area (Å²) in [6.07, 6.45) is -2.19. The lowest BCUT2D eigenvalue weighted by atomic mass is 9.97. The number of rotatable bonds is 0. The Kier molecular flexibility index (Phi) is 22.6. The van der Waals surface area contributed by atoms with Crippen LogP contribution in [0.4, 0.5) is 0 Å². The van der Waals surface area contributed by atoms with Gasteiger partial charge in [0.1, 0.15) is 24.4 Å². The molecule has 0 unspecified atom stereocenters. The van der Waals surface area contributed by atoms with Gasteiger partial charge in [-0.15, -0.1) is 0 Å². The maximum atomic E-state index is 9.00. The Morgan fingerprint density at radius 2 is 0.654 bits per heavy atom. The highest BCUT2D eigenvalue weighted by Crippen LogP contribution is 2.12. The van der Waals surface area contributed by atoms with Crippen LogP contribution in [0.3, 0.4) is 0 Å². The van der Waals surface area contributed by atoms with Crippen LogP contribution in [-0.4, -0.2) is 89.1 Å². The summed E-state index contributed by atoms with van der Waals surface area (Å²) in [7, 11) is 0. The van der Waals surface area contributed by atoms with Gasteiger partial charge >= 0.3 is 0 Å². The molecule has 0 amide bonds. The van der Waals surface area contributed by atoms with E-state index in [0.29, 0.717) is 0 Å². The van der Waals surface area contributed by atoms with Crippen molar-refractivity contribution in [1.82, 2.24) is 0 Å². The van der Waals surface area contributed by atoms with E-state index >= 15 is 0 Å². The maximum absolute atomic E-state index is 9.00. The summed E-state index contributed by atoms with van der Waals surface area (Å²) >= 11 is 0. The summed E-state index contributed by atoms with van der Waals surface area (Å²) in [6.45, 7) is 4.33. The predicted octanol–water partition coefficient (Wildman–Crippen LogP) is -1.64. The zero-order valence-corrected chi connectivity index (χ0v) is 14.7. The summed E-state index contributed by atoms with van der Waals surface area (Å²) in [4.78, 5) is 36.0. The molecule has 0 aromatic rings. The Hall–Kier alpha value is -2.54. The second-order valence-corrected chi connectivity index (χ2v) is 4.42. The number of carboxylic acid groups (broad SMARTS) is 4. The minimum atomic E-state index is -1.28. The molecule has 154 valence electrons. The second-order valence-electron chi connectivity index (χ2n) is 4.42. The van der Waals surface area contributed by atoms with E-state index in [2.05, 4.69) is 0 Å². The summed E-state index contributed by atoms with van der Waals surface area (Å²) in [5.41, 5.74) is 0. The fourth-order valence-electron chi connectivity index (χ4n) is 0.859. The van der Waals surface area contributed by atoms with E-state index in [9.17, 15) is 0 Å². The van der Waals surface area contributed by atoms with Gasteiger partial charge in [0.15, 0.2) is 0 Å². The lowest BCUT2D eigenvalue weighted by Crippen LogP contribution is -2.46. The molecule has 0 spiro atoms. The van der Waals surface area contributed by atoms with Gasteiger partial charge in [0.2, 0.25) is 0 Å². The van der Waals surface area contributed by atoms with Crippen LogP contribution in [0.1, 0.15) is 27.7 Å². The first kappa shape index (κ1) is 31.3. The fourth-order valence-corrected chi connectivity index (χ4v) is 0.859. The van der Waals surface area contributed by atoms with Gasteiger partial charge in [0.25, 0.3) is 23.9 Å². The molecule has 4 atom stereocenters. The summed E-state index contributed by atoms with van der Waals surface area (Å²) in [5, 5.41) is 65.2. The molecular formula is C14H26O12. The Morgan fingerprint density at radius 1 is 0.538 bits per heavy atom. The van der Waals surface area contributed by atoms with Gasteiger partial charge in [-0.3, -0.25) is 19.2 Å². The van der Waals surface area contributed by atoms with Crippen molar-refractivity contribution >= 4 is 23.9 Å². The quantitative estimate of drug-likeness (QED) is 0.219. The average molecular weight is 386 g/mol. The van der Waals surface area contributed by atoms with Crippen LogP contribution < -0.4 is 0 Å². The van der Waals surface area contributed by atoms with Crippen LogP contribution in [0.5, 0.6) is 0 Å². The van der Waals surface area contributed by atoms with Gasteiger partial charge < -0.3 is 40.9 Å². The highest BCUT2D eigenvalue weighted by Gasteiger charge is 2.31. The third kappa shape index (κ3) is 43.0. The molecule has 0 bridgehead atoms. The van der Waals surface area contributed by atoms with E-state index in [1.165, 1.54) is 12.2 Å². The van der Waals surface area contributed by atoms with Gasteiger partial charge in [-0.2, -0.15) is 0 Å². The van der Waals surface area contributed by atoms with Crippen LogP contribution in [0, 0.1) is 0 Å². The fraction of sp³-hybridized carbons (Fsp3) is 0.571. The molecule has 26 heavy (non-hydrogen) atoms. The van der Waals surface area contributed by atoms with Crippen molar-refractivity contribution in [3.63, 3.8) is 0 Å². The van der Waals surface area contributed by atoms with E-state index in [1.54, 1.807) is 0 Å². The normalized spacial score (nSPS) is 22.2. The Balaban J connectivity index is -0.000000129. The van der Waals surface area contributed by atoms with Crippen molar-refractivity contribution < 1.29 is 60.0 Å². The largest absolute Gasteiger partial charge is 0.481 e. The highest BCUT2D eigenvalue weighted by molar-refractivity contribution is 5.63. The average Bonchev–Trinajstić information content (AvgIpc) is 2.38. The van der Waals surface area contributed by atoms with Gasteiger partial charge in [0.05, 0.1) is 0 Å². The molecule has 0 radical (unpaired) electrons. The smallest absolute Gasteiger partial charge is 0.300 e. The van der Waals surface area contributed by atoms with Gasteiger partial charge in [-0.25, -0.2) is 0 Å². The first-order chi connectivity index (χ1) is 11.6. The molecule has 12 nitrogen and oxygen atoms in total. The SMILES string of the molecule is CC(=O)O.CC(=O)O.CC(=O)O.CC(=O)O.O[C@@H]1[C@H](O)[C@H](O)C=C[C@H]1O. The number of hydrogen-bond donors (Lipinski definition) is 8. The molecular weight excluding hydrogens is 360 g/mol. The molecule has 12 heteroatoms. The summed E-state index contributed by atoms with van der Waals surface area (Å²) in [5.74, 6) is -3.33. The van der Waals surface area contributed by atoms with Crippen LogP contribution in [-0.2, 0) is 19.2 Å². The third-order valence-electron chi connectivity index (χ3n) is 1.56. The molecule has 0 fully saturated rings. The molecule has 0 aromatic carbocycles. The maximum Gasteiger partial charge on any atom is 0.300 e. The van der Waals surface area contributed by atoms with Crippen molar-refractivity contribution in [2.75, 3.05) is 0 Å². The van der Waals surface area contributed by atoms with E-state index in [-0.39, 0.29) is 0 Å². The standard InChI is InChI=1S/C6H10O4.4C2H4O2/c7-3-1-2-4(8)6(10)5(3)9;4*1-2(3)4/h1-10H;4*1H3,(H,3,4)/t3-,4-,5-,6+;;;;/m1..../s1. The van der Waals surface area contributed by atoms with Crippen molar-refractivity contribution in [1.29, 1.82) is 0 Å². The van der Waals surface area contributed by atoms with E-state index in [0.717, 1.165) is 27.7 Å². The van der Waals surface area contributed by atoms with Crippen LogP contribution in [0.15, 0.2) is 12.2 Å². The van der Waals surface area contributed by atoms with E-state index in [4.69, 9.17) is 60.0 Å². The van der Waals surface area contributed by atoms with Crippen molar-refractivity contribution in [3.8, 4) is 0 Å². The van der Waals surface area contributed by atoms with Crippen molar-refractivity contribution in [2.45, 2.75) is 52.1 Å². The van der Waals surface area contributed by atoms with Crippen LogP contribution >= 0.6 is 0 Å². The molecule has 8 N–H and O–H groups in total. The highest BCUT2D eigenvalue weighted by atomic mass is 16.4. The molecule has 0 saturated heterocycles. The first-order valence-electron chi connectivity index (χ1n) is 6.74. The van der Waals surface area contributed by atoms with E-state index < -0.39 is 48.3 Å². The minimum absolute atomic E-state index is 0.833. The molecule has 0 saturated carbocycles. The van der Waals surface area contributed by atoms with Crippen LogP contribution in [0.25, 0.3) is 0 Å². The molecule has 1 aliphatic rings. The Bertz CT molecular complexity index is 365. The first-order valence-corrected chi connectivity index (χ1v) is 6.74. The molecule has 0 aromatic heterocycles. The number of aliphatic carboxylic acids is 4. The van der Waals surface area contributed by atoms with Crippen LogP contribution in [0.2, 0.25) is 0 Å². The van der Waals surface area contributed by atoms with Gasteiger partial charge in [-0.05, 0) is 0 Å². The lowest BCUT2D eigenvalue weighted by molar-refractivity contribution is -0.135. The molecule has 1 aliphatic carbocycles.